The Kier molecular flexibility index (Phi) is 9.94. The second-order valence-electron chi connectivity index (χ2n) is 4.22. The number of ether oxygens (including phenoxy) is 2. The third-order valence-corrected chi connectivity index (χ3v) is 1.21. The summed E-state index contributed by atoms with van der Waals surface area (Å²) in [6.07, 6.45) is -5.61. The maximum Gasteiger partial charge on any atom is 1.00 e. The Morgan fingerprint density at radius 1 is 1.29 bits per heavy atom. The first-order chi connectivity index (χ1) is 6.99. The normalized spacial score (nSPS) is 13.6. The van der Waals surface area contributed by atoms with Crippen LogP contribution in [0.2, 0.25) is 0 Å². The molecule has 0 N–H and O–H groups in total. The molecule has 0 aromatic heterocycles. The number of rotatable bonds is 3. The van der Waals surface area contributed by atoms with Gasteiger partial charge in [0.05, 0.1) is 0 Å². The monoisotopic (exact) mass is 375 g/mol. The molecule has 0 spiro atoms. The van der Waals surface area contributed by atoms with Gasteiger partial charge in [-0.3, -0.25) is 9.53 Å². The van der Waals surface area contributed by atoms with Crippen molar-refractivity contribution >= 4 is 6.09 Å². The van der Waals surface area contributed by atoms with Crippen LogP contribution in [0.4, 0.5) is 18.0 Å². The van der Waals surface area contributed by atoms with Gasteiger partial charge in [-0.2, -0.15) is 0 Å². The Morgan fingerprint density at radius 2 is 1.76 bits per heavy atom. The molecule has 0 saturated heterocycles. The molecule has 1 amide bonds. The van der Waals surface area contributed by atoms with Gasteiger partial charge in [0.25, 0.3) is 0 Å². The first kappa shape index (κ1) is 20.4. The molecule has 0 aromatic rings. The maximum absolute atomic E-state index is 11.6. The topological polar surface area (TPSA) is 49.6 Å². The number of hydrogen-bond donors (Lipinski definition) is 0. The number of carbonyl (C=O) groups is 1. The van der Waals surface area contributed by atoms with Crippen LogP contribution in [0.5, 0.6) is 0 Å². The van der Waals surface area contributed by atoms with E-state index in [4.69, 9.17) is 4.74 Å². The first-order valence-electron chi connectivity index (χ1n) is 4.64. The third kappa shape index (κ3) is 15.0. The molecule has 0 aromatic carbocycles. The minimum atomic E-state index is -4.71. The summed E-state index contributed by atoms with van der Waals surface area (Å²) >= 11 is 0. The number of alkyl halides is 3. The third-order valence-electron chi connectivity index (χ3n) is 1.21. The van der Waals surface area contributed by atoms with Crippen molar-refractivity contribution in [2.24, 2.45) is 0 Å². The van der Waals surface area contributed by atoms with E-state index in [1.807, 2.05) is 0 Å². The molecule has 0 unspecified atom stereocenters. The molecule has 0 fully saturated rings. The molecule has 0 aliphatic rings. The van der Waals surface area contributed by atoms with Gasteiger partial charge in [-0.25, -0.2) is 0 Å². The molecule has 96 valence electrons. The molecular formula is C9H15CsF3NO3. The predicted octanol–water partition coefficient (Wildman–Crippen LogP) is 0.224. The minimum absolute atomic E-state index is 0. The van der Waals surface area contributed by atoms with Crippen LogP contribution in [-0.4, -0.2) is 30.7 Å². The Bertz CT molecular complexity index is 241. The van der Waals surface area contributed by atoms with Crippen molar-refractivity contribution in [1.82, 2.24) is 0 Å². The zero-order valence-corrected chi connectivity index (χ0v) is 16.9. The summed E-state index contributed by atoms with van der Waals surface area (Å²) < 4.78 is 43.3. The largest absolute Gasteiger partial charge is 1.00 e. The number of hydrogen-bond acceptors (Lipinski definition) is 3. The molecular weight excluding hydrogens is 360 g/mol. The van der Waals surface area contributed by atoms with E-state index in [-0.39, 0.29) is 68.9 Å². The quantitative estimate of drug-likeness (QED) is 0.710. The van der Waals surface area contributed by atoms with E-state index in [0.717, 1.165) is 0 Å². The van der Waals surface area contributed by atoms with Crippen molar-refractivity contribution < 1.29 is 96.3 Å². The van der Waals surface area contributed by atoms with Gasteiger partial charge >= 0.3 is 75.3 Å². The zero-order chi connectivity index (χ0) is 13.0. The van der Waals surface area contributed by atoms with Crippen LogP contribution in [0, 0.1) is 0 Å². The number of halogens is 3. The van der Waals surface area contributed by atoms with Gasteiger partial charge in [0.1, 0.15) is 5.60 Å². The Labute approximate surface area is 157 Å². The van der Waals surface area contributed by atoms with Crippen LogP contribution < -0.4 is 68.9 Å². The summed E-state index contributed by atoms with van der Waals surface area (Å²) in [4.78, 5) is 11.1. The fraction of sp³-hybridized carbons (Fsp3) is 0.889. The molecule has 0 radical (unpaired) electrons. The van der Waals surface area contributed by atoms with Gasteiger partial charge in [0.15, 0.2) is 0 Å². The molecule has 17 heavy (non-hydrogen) atoms. The standard InChI is InChI=1S/C9H16F3NO3.Cs/c1-6(5-15-9(10,11)12)13-7(14)16-8(2,3)4;/h6H,5H2,1-4H3,(H,13,14);/q;+1/p-1/t6-;/m0./s1. The van der Waals surface area contributed by atoms with E-state index in [1.54, 1.807) is 20.8 Å². The van der Waals surface area contributed by atoms with Crippen LogP contribution in [0.3, 0.4) is 0 Å². The molecule has 4 nitrogen and oxygen atoms in total. The smallest absolute Gasteiger partial charge is 0.613 e. The molecule has 8 heteroatoms. The first-order valence-corrected chi connectivity index (χ1v) is 4.64. The minimum Gasteiger partial charge on any atom is -0.613 e. The summed E-state index contributed by atoms with van der Waals surface area (Å²) in [6, 6.07) is -0.906. The van der Waals surface area contributed by atoms with Crippen molar-refractivity contribution in [3.05, 3.63) is 5.32 Å². The zero-order valence-electron chi connectivity index (χ0n) is 10.6. The van der Waals surface area contributed by atoms with Gasteiger partial charge in [0, 0.05) is 6.61 Å². The Hall–Kier alpha value is 1.07. The van der Waals surface area contributed by atoms with Crippen molar-refractivity contribution in [2.75, 3.05) is 6.61 Å². The average molecular weight is 375 g/mol. The summed E-state index contributed by atoms with van der Waals surface area (Å²) in [5.74, 6) is 0. The van der Waals surface area contributed by atoms with Gasteiger partial charge < -0.3 is 10.1 Å². The van der Waals surface area contributed by atoms with Crippen molar-refractivity contribution in [2.45, 2.75) is 45.7 Å². The van der Waals surface area contributed by atoms with E-state index in [2.05, 4.69) is 10.1 Å². The summed E-state index contributed by atoms with van der Waals surface area (Å²) in [5, 5.41) is 3.38. The molecule has 1 atom stereocenters. The molecule has 0 heterocycles. The maximum atomic E-state index is 11.6. The summed E-state index contributed by atoms with van der Waals surface area (Å²) in [7, 11) is 0. The second-order valence-corrected chi connectivity index (χ2v) is 4.22. The van der Waals surface area contributed by atoms with E-state index in [9.17, 15) is 18.0 Å². The van der Waals surface area contributed by atoms with Crippen molar-refractivity contribution in [1.29, 1.82) is 0 Å². The fourth-order valence-corrected chi connectivity index (χ4v) is 0.721. The van der Waals surface area contributed by atoms with Crippen LogP contribution in [0.25, 0.3) is 5.32 Å². The number of amides is 1. The SMILES string of the molecule is C[C@@H](COC(F)(F)F)[N-]C(=O)OC(C)(C)C.[Cs+]. The average Bonchev–Trinajstić information content (AvgIpc) is 1.95. The molecule has 0 aliphatic carbocycles. The summed E-state index contributed by atoms with van der Waals surface area (Å²) in [5.41, 5.74) is -0.717. The van der Waals surface area contributed by atoms with E-state index in [1.165, 1.54) is 6.92 Å². The molecule has 0 rings (SSSR count). The van der Waals surface area contributed by atoms with Crippen molar-refractivity contribution in [3.8, 4) is 0 Å². The van der Waals surface area contributed by atoms with Gasteiger partial charge in [-0.05, 0) is 20.8 Å². The number of nitrogens with zero attached hydrogens (tertiary/aromatic N) is 1. The van der Waals surface area contributed by atoms with E-state index >= 15 is 0 Å². The van der Waals surface area contributed by atoms with Crippen LogP contribution >= 0.6 is 0 Å². The Balaban J connectivity index is 0. The van der Waals surface area contributed by atoms with Gasteiger partial charge in [-0.1, -0.05) is 13.0 Å². The summed E-state index contributed by atoms with van der Waals surface area (Å²) in [6.45, 7) is 5.53. The number of carbonyl (C=O) groups excluding carboxylic acids is 1. The van der Waals surface area contributed by atoms with Crippen LogP contribution in [0.1, 0.15) is 27.7 Å². The molecule has 0 aliphatic heterocycles. The fourth-order valence-electron chi connectivity index (χ4n) is 0.721. The Morgan fingerprint density at radius 3 is 2.12 bits per heavy atom. The van der Waals surface area contributed by atoms with E-state index < -0.39 is 30.7 Å². The van der Waals surface area contributed by atoms with Gasteiger partial charge in [0.2, 0.25) is 6.09 Å². The van der Waals surface area contributed by atoms with Gasteiger partial charge in [-0.15, -0.1) is 13.2 Å². The molecule has 0 bridgehead atoms. The van der Waals surface area contributed by atoms with Crippen molar-refractivity contribution in [3.63, 3.8) is 0 Å². The molecule has 0 saturated carbocycles. The van der Waals surface area contributed by atoms with E-state index in [0.29, 0.717) is 0 Å². The van der Waals surface area contributed by atoms with Crippen LogP contribution in [-0.2, 0) is 9.47 Å². The predicted molar refractivity (Wildman–Crippen MR) is 51.1 cm³/mol. The van der Waals surface area contributed by atoms with Crippen LogP contribution in [0.15, 0.2) is 0 Å². The second kappa shape index (κ2) is 8.28.